The van der Waals surface area contributed by atoms with E-state index in [-0.39, 0.29) is 12.4 Å². The molecule has 0 saturated heterocycles. The Labute approximate surface area is 82.4 Å². The van der Waals surface area contributed by atoms with Gasteiger partial charge in [-0.2, -0.15) is 0 Å². The molecule has 1 aromatic carbocycles. The number of hydrogen-bond donors (Lipinski definition) is 0. The highest BCUT2D eigenvalue weighted by molar-refractivity contribution is 14.1. The van der Waals surface area contributed by atoms with E-state index in [0.717, 1.165) is 9.13 Å². The minimum absolute atomic E-state index is 0.273. The van der Waals surface area contributed by atoms with Crippen molar-refractivity contribution in [1.82, 2.24) is 0 Å². The van der Waals surface area contributed by atoms with Crippen LogP contribution in [0.3, 0.4) is 0 Å². The summed E-state index contributed by atoms with van der Waals surface area (Å²) in [6.07, 6.45) is 0. The molecular formula is C7H5FIN3. The molecule has 3 nitrogen and oxygen atoms in total. The van der Waals surface area contributed by atoms with Crippen molar-refractivity contribution in [2.45, 2.75) is 6.54 Å². The zero-order valence-corrected chi connectivity index (χ0v) is 8.19. The summed E-state index contributed by atoms with van der Waals surface area (Å²) < 4.78 is 13.3. The Balaban J connectivity index is 2.93. The lowest BCUT2D eigenvalue weighted by Crippen LogP contribution is -1.87. The maximum absolute atomic E-state index is 12.6. The standard InChI is InChI=1S/C7H5FIN3/c8-6-2-1-5(4-11-12-10)7(9)3-6/h1-3H,4H2. The molecule has 0 N–H and O–H groups in total. The number of halogens is 2. The Hall–Kier alpha value is -0.810. The zero-order chi connectivity index (χ0) is 8.97. The van der Waals surface area contributed by atoms with Crippen LogP contribution < -0.4 is 0 Å². The molecule has 0 aliphatic heterocycles. The Morgan fingerprint density at radius 2 is 2.33 bits per heavy atom. The van der Waals surface area contributed by atoms with Gasteiger partial charge in [-0.3, -0.25) is 0 Å². The number of rotatable bonds is 2. The van der Waals surface area contributed by atoms with Crippen LogP contribution in [0, 0.1) is 9.39 Å². The van der Waals surface area contributed by atoms with E-state index in [0.29, 0.717) is 0 Å². The van der Waals surface area contributed by atoms with Gasteiger partial charge in [-0.15, -0.1) is 0 Å². The van der Waals surface area contributed by atoms with Gasteiger partial charge in [-0.25, -0.2) is 4.39 Å². The van der Waals surface area contributed by atoms with E-state index in [1.54, 1.807) is 6.07 Å². The largest absolute Gasteiger partial charge is 0.207 e. The quantitative estimate of drug-likeness (QED) is 0.345. The molecule has 0 bridgehead atoms. The van der Waals surface area contributed by atoms with Crippen molar-refractivity contribution in [3.8, 4) is 0 Å². The van der Waals surface area contributed by atoms with Gasteiger partial charge in [-0.05, 0) is 45.8 Å². The lowest BCUT2D eigenvalue weighted by molar-refractivity contribution is 0.626. The van der Waals surface area contributed by atoms with Crippen LogP contribution in [0.4, 0.5) is 4.39 Å². The van der Waals surface area contributed by atoms with Crippen LogP contribution in [-0.4, -0.2) is 0 Å². The Bertz CT molecular complexity index is 333. The lowest BCUT2D eigenvalue weighted by Gasteiger charge is -1.98. The van der Waals surface area contributed by atoms with Gasteiger partial charge in [0.2, 0.25) is 0 Å². The normalized spacial score (nSPS) is 9.17. The number of hydrogen-bond acceptors (Lipinski definition) is 1. The monoisotopic (exact) mass is 277 g/mol. The van der Waals surface area contributed by atoms with Crippen molar-refractivity contribution in [2.24, 2.45) is 5.11 Å². The van der Waals surface area contributed by atoms with E-state index >= 15 is 0 Å². The highest BCUT2D eigenvalue weighted by Gasteiger charge is 1.98. The second-order valence-electron chi connectivity index (χ2n) is 2.12. The Morgan fingerprint density at radius 3 is 2.92 bits per heavy atom. The van der Waals surface area contributed by atoms with Crippen molar-refractivity contribution in [1.29, 1.82) is 0 Å². The SMILES string of the molecule is [N-]=[N+]=NCc1ccc(F)cc1I. The summed E-state index contributed by atoms with van der Waals surface area (Å²) in [6.45, 7) is 0.273. The number of benzene rings is 1. The molecule has 0 atom stereocenters. The third-order valence-electron chi connectivity index (χ3n) is 1.32. The predicted molar refractivity (Wildman–Crippen MR) is 52.0 cm³/mol. The first-order valence-electron chi connectivity index (χ1n) is 3.19. The molecule has 0 fully saturated rings. The third kappa shape index (κ3) is 2.35. The Morgan fingerprint density at radius 1 is 1.58 bits per heavy atom. The van der Waals surface area contributed by atoms with Gasteiger partial charge in [0.15, 0.2) is 0 Å². The van der Waals surface area contributed by atoms with Gasteiger partial charge in [0, 0.05) is 8.48 Å². The second kappa shape index (κ2) is 4.27. The summed E-state index contributed by atoms with van der Waals surface area (Å²) in [5, 5.41) is 3.39. The van der Waals surface area contributed by atoms with E-state index in [2.05, 4.69) is 10.0 Å². The number of azide groups is 1. The fourth-order valence-electron chi connectivity index (χ4n) is 0.758. The summed E-state index contributed by atoms with van der Waals surface area (Å²) >= 11 is 2.00. The van der Waals surface area contributed by atoms with Crippen LogP contribution in [0.25, 0.3) is 10.4 Å². The summed E-state index contributed by atoms with van der Waals surface area (Å²) in [4.78, 5) is 2.62. The summed E-state index contributed by atoms with van der Waals surface area (Å²) in [5.74, 6) is -0.274. The molecule has 0 aliphatic rings. The second-order valence-corrected chi connectivity index (χ2v) is 3.29. The first-order valence-corrected chi connectivity index (χ1v) is 4.26. The number of nitrogens with zero attached hydrogens (tertiary/aromatic N) is 3. The highest BCUT2D eigenvalue weighted by atomic mass is 127. The molecule has 0 saturated carbocycles. The van der Waals surface area contributed by atoms with Crippen LogP contribution in [0.1, 0.15) is 5.56 Å². The molecule has 0 unspecified atom stereocenters. The van der Waals surface area contributed by atoms with Crippen molar-refractivity contribution in [3.63, 3.8) is 0 Å². The summed E-state index contributed by atoms with van der Waals surface area (Å²) in [5.41, 5.74) is 8.90. The smallest absolute Gasteiger partial charge is 0.124 e. The van der Waals surface area contributed by atoms with Gasteiger partial charge in [-0.1, -0.05) is 11.2 Å². The maximum atomic E-state index is 12.6. The Kier molecular flexibility index (Phi) is 3.31. The van der Waals surface area contributed by atoms with Crippen molar-refractivity contribution in [3.05, 3.63) is 43.6 Å². The van der Waals surface area contributed by atoms with Gasteiger partial charge in [0.1, 0.15) is 5.82 Å². The molecule has 12 heavy (non-hydrogen) atoms. The van der Waals surface area contributed by atoms with Crippen molar-refractivity contribution in [2.75, 3.05) is 0 Å². The average molecular weight is 277 g/mol. The summed E-state index contributed by atoms with van der Waals surface area (Å²) in [6, 6.07) is 4.37. The van der Waals surface area contributed by atoms with Gasteiger partial charge in [0.25, 0.3) is 0 Å². The predicted octanol–water partition coefficient (Wildman–Crippen LogP) is 3.24. The molecule has 0 spiro atoms. The lowest BCUT2D eigenvalue weighted by atomic mass is 10.2. The first-order chi connectivity index (χ1) is 5.74. The van der Waals surface area contributed by atoms with Crippen LogP contribution >= 0.6 is 22.6 Å². The topological polar surface area (TPSA) is 48.8 Å². The molecule has 0 amide bonds. The van der Waals surface area contributed by atoms with Crippen molar-refractivity contribution >= 4 is 22.6 Å². The molecule has 62 valence electrons. The molecule has 0 aliphatic carbocycles. The minimum Gasteiger partial charge on any atom is -0.207 e. The zero-order valence-electron chi connectivity index (χ0n) is 6.04. The van der Waals surface area contributed by atoms with Gasteiger partial charge in [0.05, 0.1) is 6.54 Å². The summed E-state index contributed by atoms with van der Waals surface area (Å²) in [7, 11) is 0. The van der Waals surface area contributed by atoms with Crippen LogP contribution in [0.2, 0.25) is 0 Å². The molecule has 0 radical (unpaired) electrons. The van der Waals surface area contributed by atoms with E-state index in [1.165, 1.54) is 12.1 Å². The van der Waals surface area contributed by atoms with E-state index in [1.807, 2.05) is 22.6 Å². The third-order valence-corrected chi connectivity index (χ3v) is 2.32. The van der Waals surface area contributed by atoms with Crippen molar-refractivity contribution < 1.29 is 4.39 Å². The average Bonchev–Trinajstić information content (AvgIpc) is 2.03. The van der Waals surface area contributed by atoms with Gasteiger partial charge < -0.3 is 0 Å². The molecule has 0 aromatic heterocycles. The van der Waals surface area contributed by atoms with Gasteiger partial charge >= 0.3 is 0 Å². The molecule has 1 rings (SSSR count). The fourth-order valence-corrected chi connectivity index (χ4v) is 1.41. The minimum atomic E-state index is -0.274. The first kappa shape index (κ1) is 9.28. The van der Waals surface area contributed by atoms with E-state index in [4.69, 9.17) is 5.53 Å². The highest BCUT2D eigenvalue weighted by Crippen LogP contribution is 2.14. The van der Waals surface area contributed by atoms with Crippen LogP contribution in [0.15, 0.2) is 23.3 Å². The molecule has 0 heterocycles. The van der Waals surface area contributed by atoms with Crippen LogP contribution in [-0.2, 0) is 6.54 Å². The van der Waals surface area contributed by atoms with E-state index in [9.17, 15) is 4.39 Å². The fraction of sp³-hybridized carbons (Fsp3) is 0.143. The molecule has 5 heteroatoms. The van der Waals surface area contributed by atoms with Crippen LogP contribution in [0.5, 0.6) is 0 Å². The maximum Gasteiger partial charge on any atom is 0.124 e. The molecular weight excluding hydrogens is 272 g/mol. The molecule has 1 aromatic rings. The van der Waals surface area contributed by atoms with E-state index < -0.39 is 0 Å².